The minimum absolute atomic E-state index is 0.00323. The van der Waals surface area contributed by atoms with E-state index in [1.165, 1.54) is 12.1 Å². The third-order valence-electron chi connectivity index (χ3n) is 4.36. The van der Waals surface area contributed by atoms with Crippen molar-refractivity contribution in [1.29, 1.82) is 0 Å². The van der Waals surface area contributed by atoms with Crippen LogP contribution in [-0.2, 0) is 6.42 Å². The number of halogens is 1. The van der Waals surface area contributed by atoms with E-state index in [4.69, 9.17) is 4.74 Å². The zero-order chi connectivity index (χ0) is 21.2. The van der Waals surface area contributed by atoms with Gasteiger partial charge < -0.3 is 19.9 Å². The molecular formula is C22H29FN4O2. The van der Waals surface area contributed by atoms with E-state index in [2.05, 4.69) is 10.3 Å². The van der Waals surface area contributed by atoms with Crippen LogP contribution in [0.15, 0.2) is 53.5 Å². The second kappa shape index (κ2) is 11.0. The lowest BCUT2D eigenvalue weighted by Crippen LogP contribution is -2.41. The molecule has 0 aliphatic heterocycles. The molecule has 1 amide bonds. The van der Waals surface area contributed by atoms with E-state index in [1.807, 2.05) is 36.2 Å². The number of hydrogen-bond acceptors (Lipinski definition) is 3. The van der Waals surface area contributed by atoms with Crippen LogP contribution in [0.3, 0.4) is 0 Å². The van der Waals surface area contributed by atoms with Crippen LogP contribution >= 0.6 is 0 Å². The average molecular weight is 400 g/mol. The van der Waals surface area contributed by atoms with Crippen LogP contribution in [-0.4, -0.2) is 69.6 Å². The zero-order valence-electron chi connectivity index (χ0n) is 17.5. The summed E-state index contributed by atoms with van der Waals surface area (Å²) in [5, 5.41) is 3.32. The quantitative estimate of drug-likeness (QED) is 0.547. The fourth-order valence-electron chi connectivity index (χ4n) is 2.76. The van der Waals surface area contributed by atoms with Crippen LogP contribution in [0.1, 0.15) is 15.9 Å². The normalized spacial score (nSPS) is 11.1. The van der Waals surface area contributed by atoms with Gasteiger partial charge in [-0.1, -0.05) is 12.1 Å². The number of benzene rings is 2. The first-order chi connectivity index (χ1) is 13.9. The maximum atomic E-state index is 12.9. The molecule has 0 fully saturated rings. The number of guanidine groups is 1. The molecule has 0 saturated carbocycles. The summed E-state index contributed by atoms with van der Waals surface area (Å²) in [6.07, 6.45) is 0.771. The Morgan fingerprint density at radius 3 is 2.52 bits per heavy atom. The van der Waals surface area contributed by atoms with Crippen molar-refractivity contribution in [3.05, 3.63) is 65.5 Å². The van der Waals surface area contributed by atoms with E-state index in [-0.39, 0.29) is 11.7 Å². The summed E-state index contributed by atoms with van der Waals surface area (Å²) in [7, 11) is 7.15. The second-order valence-electron chi connectivity index (χ2n) is 6.85. The Morgan fingerprint density at radius 1 is 1.14 bits per heavy atom. The molecule has 7 heteroatoms. The smallest absolute Gasteiger partial charge is 0.253 e. The Hall–Kier alpha value is -3.09. The Morgan fingerprint density at radius 2 is 1.86 bits per heavy atom. The second-order valence-corrected chi connectivity index (χ2v) is 6.85. The van der Waals surface area contributed by atoms with E-state index in [0.717, 1.165) is 17.9 Å². The van der Waals surface area contributed by atoms with Gasteiger partial charge >= 0.3 is 0 Å². The molecule has 0 unspecified atom stereocenters. The van der Waals surface area contributed by atoms with Gasteiger partial charge in [-0.15, -0.1) is 0 Å². The maximum Gasteiger partial charge on any atom is 0.253 e. The van der Waals surface area contributed by atoms with Crippen molar-refractivity contribution < 1.29 is 13.9 Å². The van der Waals surface area contributed by atoms with Gasteiger partial charge in [0.25, 0.3) is 5.91 Å². The number of amides is 1. The molecule has 0 atom stereocenters. The molecule has 2 aromatic carbocycles. The molecule has 0 aromatic heterocycles. The molecule has 0 spiro atoms. The van der Waals surface area contributed by atoms with Gasteiger partial charge in [0.05, 0.1) is 6.54 Å². The van der Waals surface area contributed by atoms with Gasteiger partial charge in [-0.2, -0.15) is 0 Å². The largest absolute Gasteiger partial charge is 0.492 e. The lowest BCUT2D eigenvalue weighted by atomic mass is 10.1. The predicted octanol–water partition coefficient (Wildman–Crippen LogP) is 2.66. The third-order valence-corrected chi connectivity index (χ3v) is 4.36. The lowest BCUT2D eigenvalue weighted by Gasteiger charge is -2.22. The molecule has 1 N–H and O–H groups in total. The zero-order valence-corrected chi connectivity index (χ0v) is 17.5. The topological polar surface area (TPSA) is 57.2 Å². The number of rotatable bonds is 8. The highest BCUT2D eigenvalue weighted by Crippen LogP contribution is 2.11. The van der Waals surface area contributed by atoms with Crippen molar-refractivity contribution in [2.24, 2.45) is 4.99 Å². The van der Waals surface area contributed by atoms with Gasteiger partial charge in [-0.3, -0.25) is 9.79 Å². The van der Waals surface area contributed by atoms with Crippen LogP contribution in [0.5, 0.6) is 5.75 Å². The molecule has 0 radical (unpaired) electrons. The van der Waals surface area contributed by atoms with E-state index < -0.39 is 0 Å². The van der Waals surface area contributed by atoms with Crippen molar-refractivity contribution in [3.8, 4) is 5.75 Å². The third kappa shape index (κ3) is 7.10. The minimum Gasteiger partial charge on any atom is -0.492 e. The Kier molecular flexibility index (Phi) is 8.45. The summed E-state index contributed by atoms with van der Waals surface area (Å²) in [4.78, 5) is 19.9. The summed E-state index contributed by atoms with van der Waals surface area (Å²) in [6.45, 7) is 1.77. The van der Waals surface area contributed by atoms with E-state index in [9.17, 15) is 9.18 Å². The predicted molar refractivity (Wildman–Crippen MR) is 114 cm³/mol. The van der Waals surface area contributed by atoms with Crippen LogP contribution < -0.4 is 10.1 Å². The van der Waals surface area contributed by atoms with Crippen molar-refractivity contribution >= 4 is 11.9 Å². The molecular weight excluding hydrogens is 371 g/mol. The molecule has 2 rings (SSSR count). The maximum absolute atomic E-state index is 12.9. The van der Waals surface area contributed by atoms with Crippen LogP contribution in [0.2, 0.25) is 0 Å². The number of aliphatic imine (C=N–C) groups is 1. The molecule has 0 bridgehead atoms. The van der Waals surface area contributed by atoms with Crippen molar-refractivity contribution in [1.82, 2.24) is 15.1 Å². The fourth-order valence-corrected chi connectivity index (χ4v) is 2.76. The molecule has 0 saturated heterocycles. The summed E-state index contributed by atoms with van der Waals surface area (Å²) in [5.74, 6) is 1.11. The van der Waals surface area contributed by atoms with Gasteiger partial charge in [0.1, 0.15) is 18.2 Å². The number of nitrogens with zero attached hydrogens (tertiary/aromatic N) is 3. The van der Waals surface area contributed by atoms with E-state index in [1.54, 1.807) is 38.2 Å². The number of nitrogens with one attached hydrogen (secondary N) is 1. The van der Waals surface area contributed by atoms with E-state index >= 15 is 0 Å². The highest BCUT2D eigenvalue weighted by molar-refractivity contribution is 5.94. The van der Waals surface area contributed by atoms with Gasteiger partial charge in [0.15, 0.2) is 5.96 Å². The summed E-state index contributed by atoms with van der Waals surface area (Å²) < 4.78 is 18.5. The molecule has 2 aromatic rings. The number of carbonyl (C=O) groups is 1. The standard InChI is InChI=1S/C22H29FN4O2/c1-24-22(27(4)14-15-29-20-10-8-19(23)9-11-20)25-13-12-17-6-5-7-18(16-17)21(28)26(2)3/h5-11,16H,12-15H2,1-4H3,(H,24,25). The molecule has 156 valence electrons. The summed E-state index contributed by atoms with van der Waals surface area (Å²) in [5.41, 5.74) is 1.77. The Balaban J connectivity index is 1.78. The van der Waals surface area contributed by atoms with Crippen molar-refractivity contribution in [2.75, 3.05) is 47.9 Å². The number of hydrogen-bond donors (Lipinski definition) is 1. The molecule has 29 heavy (non-hydrogen) atoms. The van der Waals surface area contributed by atoms with Gasteiger partial charge in [0, 0.05) is 40.3 Å². The summed E-state index contributed by atoms with van der Waals surface area (Å²) in [6, 6.07) is 13.6. The van der Waals surface area contributed by atoms with Gasteiger partial charge in [-0.05, 0) is 48.4 Å². The minimum atomic E-state index is -0.282. The first-order valence-corrected chi connectivity index (χ1v) is 9.51. The van der Waals surface area contributed by atoms with Crippen molar-refractivity contribution in [3.63, 3.8) is 0 Å². The van der Waals surface area contributed by atoms with E-state index in [0.29, 0.717) is 31.0 Å². The highest BCUT2D eigenvalue weighted by Gasteiger charge is 2.09. The monoisotopic (exact) mass is 400 g/mol. The highest BCUT2D eigenvalue weighted by atomic mass is 19.1. The molecule has 0 aliphatic carbocycles. The SMILES string of the molecule is CN=C(NCCc1cccc(C(=O)N(C)C)c1)N(C)CCOc1ccc(F)cc1. The van der Waals surface area contributed by atoms with Gasteiger partial charge in [-0.25, -0.2) is 4.39 Å². The molecule has 0 aliphatic rings. The Labute approximate surface area is 172 Å². The molecule has 0 heterocycles. The van der Waals surface area contributed by atoms with Crippen LogP contribution in [0.25, 0.3) is 0 Å². The first-order valence-electron chi connectivity index (χ1n) is 9.51. The van der Waals surface area contributed by atoms with Crippen molar-refractivity contribution in [2.45, 2.75) is 6.42 Å². The van der Waals surface area contributed by atoms with Gasteiger partial charge in [0.2, 0.25) is 0 Å². The number of ether oxygens (including phenoxy) is 1. The number of likely N-dealkylation sites (N-methyl/N-ethyl adjacent to an activating group) is 1. The average Bonchev–Trinajstić information content (AvgIpc) is 2.72. The van der Waals surface area contributed by atoms with Crippen LogP contribution in [0, 0.1) is 5.82 Å². The number of carbonyl (C=O) groups excluding carboxylic acids is 1. The Bertz CT molecular complexity index is 822. The molecule has 6 nitrogen and oxygen atoms in total. The first kappa shape index (κ1) is 22.2. The fraction of sp³-hybridized carbons (Fsp3) is 0.364. The lowest BCUT2D eigenvalue weighted by molar-refractivity contribution is 0.0827. The summed E-state index contributed by atoms with van der Waals surface area (Å²) >= 11 is 0. The van der Waals surface area contributed by atoms with Crippen LogP contribution in [0.4, 0.5) is 4.39 Å².